The molecular formula is C12H22N2OS. The molecule has 0 aliphatic carbocycles. The summed E-state index contributed by atoms with van der Waals surface area (Å²) in [5.74, 6) is 0. The summed E-state index contributed by atoms with van der Waals surface area (Å²) in [7, 11) is 0. The molecule has 4 heteroatoms. The fraction of sp³-hybridized carbons (Fsp3) is 0.917. The van der Waals surface area contributed by atoms with Crippen molar-refractivity contribution in [2.24, 2.45) is 4.99 Å². The fourth-order valence-corrected chi connectivity index (χ4v) is 3.35. The maximum Gasteiger partial charge on any atom is 0.157 e. The number of ether oxygens (including phenoxy) is 1. The average molecular weight is 242 g/mol. The van der Waals surface area contributed by atoms with Crippen molar-refractivity contribution in [2.45, 2.75) is 50.4 Å². The lowest BCUT2D eigenvalue weighted by atomic mass is 10.0. The molecular weight excluding hydrogens is 220 g/mol. The number of hydrogen-bond acceptors (Lipinski definition) is 4. The van der Waals surface area contributed by atoms with Crippen LogP contribution in [-0.4, -0.2) is 35.7 Å². The molecule has 92 valence electrons. The van der Waals surface area contributed by atoms with Gasteiger partial charge in [0.25, 0.3) is 0 Å². The molecule has 0 saturated carbocycles. The molecule has 2 rings (SSSR count). The van der Waals surface area contributed by atoms with E-state index in [-0.39, 0.29) is 5.60 Å². The van der Waals surface area contributed by atoms with Gasteiger partial charge in [0.05, 0.1) is 12.1 Å². The molecule has 1 N–H and O–H groups in total. The SMILES string of the molecule is CCCC1CN=C(NCC2(C)CCCO2)S1. The molecule has 2 heterocycles. The highest BCUT2D eigenvalue weighted by molar-refractivity contribution is 8.14. The Labute approximate surface area is 102 Å². The van der Waals surface area contributed by atoms with Crippen molar-refractivity contribution < 1.29 is 4.74 Å². The fourth-order valence-electron chi connectivity index (χ4n) is 2.23. The molecule has 3 nitrogen and oxygen atoms in total. The molecule has 2 aliphatic rings. The molecule has 0 aromatic heterocycles. The first kappa shape index (κ1) is 12.2. The highest BCUT2D eigenvalue weighted by Gasteiger charge is 2.30. The molecule has 0 aromatic rings. The number of hydrogen-bond donors (Lipinski definition) is 1. The summed E-state index contributed by atoms with van der Waals surface area (Å²) in [5.41, 5.74) is 0.0337. The zero-order chi connectivity index (χ0) is 11.4. The predicted octanol–water partition coefficient (Wildman–Crippen LogP) is 2.42. The van der Waals surface area contributed by atoms with Crippen LogP contribution in [0.15, 0.2) is 4.99 Å². The number of rotatable bonds is 4. The summed E-state index contributed by atoms with van der Waals surface area (Å²) in [6.07, 6.45) is 4.88. The van der Waals surface area contributed by atoms with Crippen LogP contribution in [0.1, 0.15) is 39.5 Å². The van der Waals surface area contributed by atoms with Crippen LogP contribution in [0.2, 0.25) is 0 Å². The molecule has 0 aromatic carbocycles. The first-order chi connectivity index (χ1) is 7.72. The minimum absolute atomic E-state index is 0.0337. The number of nitrogens with zero attached hydrogens (tertiary/aromatic N) is 1. The molecule has 2 unspecified atom stereocenters. The first-order valence-corrected chi connectivity index (χ1v) is 7.19. The van der Waals surface area contributed by atoms with Gasteiger partial charge in [0.1, 0.15) is 0 Å². The van der Waals surface area contributed by atoms with E-state index in [2.05, 4.69) is 24.2 Å². The molecule has 2 aliphatic heterocycles. The third-order valence-corrected chi connectivity index (χ3v) is 4.46. The van der Waals surface area contributed by atoms with Crippen LogP contribution < -0.4 is 5.32 Å². The number of nitrogens with one attached hydrogen (secondary N) is 1. The quantitative estimate of drug-likeness (QED) is 0.822. The van der Waals surface area contributed by atoms with Crippen molar-refractivity contribution in [3.8, 4) is 0 Å². The summed E-state index contributed by atoms with van der Waals surface area (Å²) in [5, 5.41) is 5.26. The smallest absolute Gasteiger partial charge is 0.157 e. The Kier molecular flexibility index (Phi) is 4.14. The molecule has 16 heavy (non-hydrogen) atoms. The Hall–Kier alpha value is -0.220. The second-order valence-corrected chi connectivity index (χ2v) is 6.22. The largest absolute Gasteiger partial charge is 0.373 e. The summed E-state index contributed by atoms with van der Waals surface area (Å²) < 4.78 is 5.75. The maximum absolute atomic E-state index is 5.75. The van der Waals surface area contributed by atoms with Gasteiger partial charge >= 0.3 is 0 Å². The van der Waals surface area contributed by atoms with Crippen LogP contribution in [0.25, 0.3) is 0 Å². The Morgan fingerprint density at radius 2 is 2.50 bits per heavy atom. The number of aliphatic imine (C=N–C) groups is 1. The van der Waals surface area contributed by atoms with Crippen molar-refractivity contribution in [1.82, 2.24) is 5.32 Å². The van der Waals surface area contributed by atoms with Gasteiger partial charge in [-0.15, -0.1) is 0 Å². The van der Waals surface area contributed by atoms with Crippen molar-refractivity contribution in [2.75, 3.05) is 19.7 Å². The van der Waals surface area contributed by atoms with Crippen molar-refractivity contribution in [3.05, 3.63) is 0 Å². The van der Waals surface area contributed by atoms with Gasteiger partial charge in [0.15, 0.2) is 5.17 Å². The molecule has 0 radical (unpaired) electrons. The van der Waals surface area contributed by atoms with Gasteiger partial charge in [-0.2, -0.15) is 0 Å². The lowest BCUT2D eigenvalue weighted by molar-refractivity contribution is 0.0246. The average Bonchev–Trinajstić information content (AvgIpc) is 2.86. The van der Waals surface area contributed by atoms with Gasteiger partial charge in [-0.05, 0) is 26.2 Å². The van der Waals surface area contributed by atoms with Crippen molar-refractivity contribution >= 4 is 16.9 Å². The predicted molar refractivity (Wildman–Crippen MR) is 70.2 cm³/mol. The lowest BCUT2D eigenvalue weighted by Crippen LogP contribution is -2.38. The van der Waals surface area contributed by atoms with E-state index in [0.717, 1.165) is 31.3 Å². The Morgan fingerprint density at radius 3 is 3.19 bits per heavy atom. The van der Waals surface area contributed by atoms with Gasteiger partial charge in [-0.3, -0.25) is 4.99 Å². The van der Waals surface area contributed by atoms with E-state index in [0.29, 0.717) is 5.25 Å². The Bertz CT molecular complexity index is 262. The summed E-state index contributed by atoms with van der Waals surface area (Å²) >= 11 is 1.90. The van der Waals surface area contributed by atoms with E-state index >= 15 is 0 Å². The van der Waals surface area contributed by atoms with Crippen LogP contribution in [0.4, 0.5) is 0 Å². The first-order valence-electron chi connectivity index (χ1n) is 6.31. The van der Waals surface area contributed by atoms with Gasteiger partial charge in [0.2, 0.25) is 0 Å². The van der Waals surface area contributed by atoms with E-state index in [1.54, 1.807) is 0 Å². The monoisotopic (exact) mass is 242 g/mol. The van der Waals surface area contributed by atoms with E-state index in [9.17, 15) is 0 Å². The Balaban J connectivity index is 1.71. The van der Waals surface area contributed by atoms with Gasteiger partial charge in [0, 0.05) is 18.4 Å². The molecule has 1 saturated heterocycles. The zero-order valence-electron chi connectivity index (χ0n) is 10.3. The van der Waals surface area contributed by atoms with E-state index in [1.165, 1.54) is 19.3 Å². The Morgan fingerprint density at radius 1 is 1.62 bits per heavy atom. The molecule has 0 bridgehead atoms. The van der Waals surface area contributed by atoms with E-state index in [4.69, 9.17) is 4.74 Å². The van der Waals surface area contributed by atoms with Gasteiger partial charge in [-0.1, -0.05) is 25.1 Å². The highest BCUT2D eigenvalue weighted by Crippen LogP contribution is 2.26. The van der Waals surface area contributed by atoms with E-state index in [1.807, 2.05) is 11.8 Å². The molecule has 0 spiro atoms. The summed E-state index contributed by atoms with van der Waals surface area (Å²) in [4.78, 5) is 4.54. The molecule has 1 fully saturated rings. The van der Waals surface area contributed by atoms with Crippen LogP contribution in [-0.2, 0) is 4.74 Å². The van der Waals surface area contributed by atoms with Gasteiger partial charge < -0.3 is 10.1 Å². The second-order valence-electron chi connectivity index (χ2n) is 4.93. The third-order valence-electron chi connectivity index (χ3n) is 3.24. The van der Waals surface area contributed by atoms with Crippen LogP contribution in [0, 0.1) is 0 Å². The zero-order valence-corrected chi connectivity index (χ0v) is 11.1. The van der Waals surface area contributed by atoms with Crippen molar-refractivity contribution in [3.63, 3.8) is 0 Å². The van der Waals surface area contributed by atoms with E-state index < -0.39 is 0 Å². The topological polar surface area (TPSA) is 33.6 Å². The molecule has 0 amide bonds. The van der Waals surface area contributed by atoms with Crippen LogP contribution in [0.3, 0.4) is 0 Å². The number of amidine groups is 1. The standard InChI is InChI=1S/C12H22N2OS/c1-3-5-10-8-13-11(16-10)14-9-12(2)6-4-7-15-12/h10H,3-9H2,1-2H3,(H,13,14). The summed E-state index contributed by atoms with van der Waals surface area (Å²) in [6, 6.07) is 0. The maximum atomic E-state index is 5.75. The third kappa shape index (κ3) is 3.14. The summed E-state index contributed by atoms with van der Waals surface area (Å²) in [6.45, 7) is 7.22. The normalized spacial score (nSPS) is 34.1. The lowest BCUT2D eigenvalue weighted by Gasteiger charge is -2.23. The van der Waals surface area contributed by atoms with Crippen LogP contribution >= 0.6 is 11.8 Å². The minimum Gasteiger partial charge on any atom is -0.373 e. The van der Waals surface area contributed by atoms with Crippen LogP contribution in [0.5, 0.6) is 0 Å². The minimum atomic E-state index is 0.0337. The molecule has 2 atom stereocenters. The highest BCUT2D eigenvalue weighted by atomic mass is 32.2. The van der Waals surface area contributed by atoms with Gasteiger partial charge in [-0.25, -0.2) is 0 Å². The second kappa shape index (κ2) is 5.41. The van der Waals surface area contributed by atoms with Crippen molar-refractivity contribution in [1.29, 1.82) is 0 Å². The number of thioether (sulfide) groups is 1.